The summed E-state index contributed by atoms with van der Waals surface area (Å²) in [5.74, 6) is 1.05. The molecule has 3 heterocycles. The van der Waals surface area contributed by atoms with Crippen molar-refractivity contribution in [2.45, 2.75) is 90.4 Å². The van der Waals surface area contributed by atoms with E-state index in [1.54, 1.807) is 42.1 Å². The first-order valence-corrected chi connectivity index (χ1v) is 22.8. The van der Waals surface area contributed by atoms with Crippen LogP contribution in [0.1, 0.15) is 74.0 Å². The van der Waals surface area contributed by atoms with Crippen LogP contribution in [0.15, 0.2) is 66.9 Å². The number of benzene rings is 3. The van der Waals surface area contributed by atoms with Crippen LogP contribution in [0.25, 0.3) is 0 Å². The lowest BCUT2D eigenvalue weighted by Crippen LogP contribution is -2.46. The van der Waals surface area contributed by atoms with Crippen LogP contribution >= 0.6 is 0 Å². The van der Waals surface area contributed by atoms with Gasteiger partial charge in [0.15, 0.2) is 29.8 Å². The summed E-state index contributed by atoms with van der Waals surface area (Å²) in [7, 11) is 7.51. The highest BCUT2D eigenvalue weighted by Gasteiger charge is 2.29. The van der Waals surface area contributed by atoms with Gasteiger partial charge in [-0.1, -0.05) is 19.9 Å². The average molecular weight is 1000 g/mol. The van der Waals surface area contributed by atoms with E-state index in [0.717, 1.165) is 43.2 Å². The number of aldehydes is 1. The number of carbonyl (C=O) groups is 4. The molecule has 4 atom stereocenters. The number of nitrogen functional groups attached to an aromatic ring is 1. The summed E-state index contributed by atoms with van der Waals surface area (Å²) in [6.07, 6.45) is 5.39. The highest BCUT2D eigenvalue weighted by Crippen LogP contribution is 2.33. The molecular formula is C49H73N7O15. The number of nitrogens with two attached hydrogens (primary N) is 1. The number of aromatic nitrogens is 1. The Bertz CT molecular complexity index is 2170. The number of aliphatic hydroxyl groups is 4. The van der Waals surface area contributed by atoms with E-state index in [4.69, 9.17) is 44.7 Å². The number of nitro groups is 1. The SMILES string of the molecule is CC.CNc1ccc(N)cc1.CO.COc1cc(C)c(NC=O)cc1OCCCC(=O)Nc1cc(C=O)n(C)c1.COc1ccc(COC(O)C2CCCCN2C=O)cc1[N+](=O)[O-].OC1COCC(O)C1. The van der Waals surface area contributed by atoms with Gasteiger partial charge in [-0.25, -0.2) is 0 Å². The minimum Gasteiger partial charge on any atom is -0.493 e. The van der Waals surface area contributed by atoms with E-state index in [1.807, 2.05) is 52.1 Å². The van der Waals surface area contributed by atoms with Crippen LogP contribution in [-0.4, -0.2) is 139 Å². The van der Waals surface area contributed by atoms with Gasteiger partial charge in [-0.15, -0.1) is 0 Å². The molecule has 0 saturated carbocycles. The molecule has 2 fully saturated rings. The Hall–Kier alpha value is -6.82. The van der Waals surface area contributed by atoms with Crippen molar-refractivity contribution >= 4 is 53.5 Å². The lowest BCUT2D eigenvalue weighted by molar-refractivity contribution is -0.385. The third-order valence-electron chi connectivity index (χ3n) is 10.3. The van der Waals surface area contributed by atoms with Gasteiger partial charge < -0.3 is 75.3 Å². The van der Waals surface area contributed by atoms with Crippen LogP contribution < -0.4 is 35.9 Å². The van der Waals surface area contributed by atoms with Crippen LogP contribution in [0.5, 0.6) is 17.2 Å². The van der Waals surface area contributed by atoms with Gasteiger partial charge in [0.2, 0.25) is 18.7 Å². The number of rotatable bonds is 18. The van der Waals surface area contributed by atoms with E-state index in [0.29, 0.717) is 92.6 Å². The van der Waals surface area contributed by atoms with Crippen LogP contribution in [0, 0.1) is 17.0 Å². The Balaban J connectivity index is 0.000000510. The summed E-state index contributed by atoms with van der Waals surface area (Å²) in [6.45, 7) is 7.51. The summed E-state index contributed by atoms with van der Waals surface area (Å²) in [5.41, 5.74) is 10.3. The molecule has 3 amide bonds. The molecule has 0 radical (unpaired) electrons. The molecular weight excluding hydrogens is 927 g/mol. The normalized spacial score (nSPS) is 15.9. The largest absolute Gasteiger partial charge is 0.493 e. The molecule has 2 aliphatic heterocycles. The van der Waals surface area contributed by atoms with Gasteiger partial charge in [0.1, 0.15) is 0 Å². The third-order valence-corrected chi connectivity index (χ3v) is 10.3. The molecule has 2 aliphatic rings. The van der Waals surface area contributed by atoms with Gasteiger partial charge >= 0.3 is 5.69 Å². The predicted molar refractivity (Wildman–Crippen MR) is 270 cm³/mol. The van der Waals surface area contributed by atoms with Crippen LogP contribution in [-0.2, 0) is 37.5 Å². The van der Waals surface area contributed by atoms with Gasteiger partial charge in [0.05, 0.1) is 75.2 Å². The smallest absolute Gasteiger partial charge is 0.311 e. The fourth-order valence-corrected chi connectivity index (χ4v) is 6.68. The number of nitrogens with zero attached hydrogens (tertiary/aromatic N) is 3. The fraction of sp³-hybridized carbons (Fsp3) is 0.469. The second-order valence-electron chi connectivity index (χ2n) is 15.3. The summed E-state index contributed by atoms with van der Waals surface area (Å²) < 4.78 is 27.8. The molecule has 6 rings (SSSR count). The lowest BCUT2D eigenvalue weighted by Gasteiger charge is -2.35. The number of methoxy groups -OCH3 is 2. The minimum atomic E-state index is -1.12. The highest BCUT2D eigenvalue weighted by molar-refractivity contribution is 5.91. The molecule has 22 heteroatoms. The first-order chi connectivity index (χ1) is 34.2. The van der Waals surface area contributed by atoms with Crippen molar-refractivity contribution in [3.8, 4) is 17.2 Å². The quantitative estimate of drug-likeness (QED) is 0.0162. The molecule has 4 aromatic rings. The number of likely N-dealkylation sites (tertiary alicyclic amines) is 1. The maximum atomic E-state index is 12.0. The average Bonchev–Trinajstić information content (AvgIpc) is 3.75. The number of aryl methyl sites for hydroxylation is 2. The fourth-order valence-electron chi connectivity index (χ4n) is 6.68. The molecule has 3 aromatic carbocycles. The second kappa shape index (κ2) is 35.3. The van der Waals surface area contributed by atoms with Crippen molar-refractivity contribution in [3.05, 3.63) is 93.8 Å². The topological polar surface area (TPSA) is 309 Å². The number of piperidine rings is 1. The zero-order chi connectivity index (χ0) is 53.3. The zero-order valence-corrected chi connectivity index (χ0v) is 41.9. The standard InChI is InChI=1S/C19H23N3O5.C15H20N2O6.C7H10N2.C5H10O3.C2H6.CH4O/c1-13-7-17(26-3)18(9-16(13)20-12-24)27-6-4-5-19(25)21-14-8-15(11-23)22(2)10-14;1-22-14-6-5-11(8-13(14)17(20)21)9-23-15(19)12-4-2-3-7-16(12)10-18;1-9-7-4-2-6(8)3-5-7;6-4-1-5(7)3-8-2-4;2*1-2/h7-12H,4-6H2,1-3H3,(H,20,24)(H,21,25);5-6,8,10,12,15,19H,2-4,7,9H2,1H3;2-5,9H,8H2,1H3;4-7H,1-3H2;1-2H3;2H,1H3. The van der Waals surface area contributed by atoms with Crippen molar-refractivity contribution in [2.24, 2.45) is 7.05 Å². The summed E-state index contributed by atoms with van der Waals surface area (Å²) in [6, 6.07) is 16.8. The first-order valence-electron chi connectivity index (χ1n) is 22.8. The molecule has 2 saturated heterocycles. The van der Waals surface area contributed by atoms with Gasteiger partial charge in [0.25, 0.3) is 0 Å². The van der Waals surface area contributed by atoms with E-state index >= 15 is 0 Å². The van der Waals surface area contributed by atoms with Gasteiger partial charge in [0, 0.05) is 76.0 Å². The van der Waals surface area contributed by atoms with E-state index < -0.39 is 23.4 Å². The molecule has 22 nitrogen and oxygen atoms in total. The number of hydrogen-bond acceptors (Lipinski definition) is 17. The number of aliphatic hydroxyl groups excluding tert-OH is 4. The Morgan fingerprint density at radius 1 is 0.958 bits per heavy atom. The number of ether oxygens (including phenoxy) is 5. The predicted octanol–water partition coefficient (Wildman–Crippen LogP) is 5.04. The van der Waals surface area contributed by atoms with E-state index in [9.17, 15) is 34.4 Å². The molecule has 71 heavy (non-hydrogen) atoms. The number of amides is 3. The van der Waals surface area contributed by atoms with Crippen LogP contribution in [0.3, 0.4) is 0 Å². The summed E-state index contributed by atoms with van der Waals surface area (Å²) >= 11 is 0. The molecule has 394 valence electrons. The number of nitro benzene ring substituents is 1. The lowest BCUT2D eigenvalue weighted by atomic mass is 10.0. The van der Waals surface area contributed by atoms with Gasteiger partial charge in [-0.05, 0) is 86.2 Å². The minimum absolute atomic E-state index is 0.00913. The van der Waals surface area contributed by atoms with Crippen molar-refractivity contribution in [1.82, 2.24) is 9.47 Å². The number of anilines is 4. The van der Waals surface area contributed by atoms with E-state index in [1.165, 1.54) is 31.3 Å². The van der Waals surface area contributed by atoms with Crippen molar-refractivity contribution in [3.63, 3.8) is 0 Å². The maximum Gasteiger partial charge on any atom is 0.311 e. The molecule has 1 aromatic heterocycles. The number of hydrogen-bond donors (Lipinski definition) is 8. The van der Waals surface area contributed by atoms with Gasteiger partial charge in [-0.3, -0.25) is 29.3 Å². The van der Waals surface area contributed by atoms with Crippen LogP contribution in [0.2, 0.25) is 0 Å². The number of nitrogens with one attached hydrogen (secondary N) is 3. The third kappa shape index (κ3) is 22.6. The van der Waals surface area contributed by atoms with E-state index in [-0.39, 0.29) is 36.4 Å². The van der Waals surface area contributed by atoms with Crippen LogP contribution in [0.4, 0.5) is 28.4 Å². The zero-order valence-electron chi connectivity index (χ0n) is 41.9. The highest BCUT2D eigenvalue weighted by atomic mass is 16.6. The summed E-state index contributed by atoms with van der Waals surface area (Å²) in [4.78, 5) is 56.5. The van der Waals surface area contributed by atoms with E-state index in [2.05, 4.69) is 16.0 Å². The number of carbonyl (C=O) groups excluding carboxylic acids is 4. The first kappa shape index (κ1) is 62.2. The second-order valence-corrected chi connectivity index (χ2v) is 15.3. The van der Waals surface area contributed by atoms with Crippen molar-refractivity contribution < 1.29 is 68.2 Å². The van der Waals surface area contributed by atoms with Crippen molar-refractivity contribution in [1.29, 1.82) is 0 Å². The Kier molecular flexibility index (Phi) is 30.9. The summed E-state index contributed by atoms with van der Waals surface area (Å²) in [5, 5.41) is 54.1. The Morgan fingerprint density at radius 2 is 1.62 bits per heavy atom. The van der Waals surface area contributed by atoms with Gasteiger partial charge in [-0.2, -0.15) is 0 Å². The molecule has 4 unspecified atom stereocenters. The Labute approximate surface area is 415 Å². The molecule has 9 N–H and O–H groups in total. The maximum absolute atomic E-state index is 12.0. The molecule has 0 spiro atoms. The van der Waals surface area contributed by atoms with Crippen molar-refractivity contribution in [2.75, 3.05) is 76.4 Å². The monoisotopic (exact) mass is 1000 g/mol. The molecule has 0 bridgehead atoms. The molecule has 0 aliphatic carbocycles. The Morgan fingerprint density at radius 3 is 2.15 bits per heavy atom.